The highest BCUT2D eigenvalue weighted by atomic mass is 35.5. The molecular formula is C70H108ClN5O2. The first-order valence-electron chi connectivity index (χ1n) is 28.5. The summed E-state index contributed by atoms with van der Waals surface area (Å²) < 4.78 is 0. The van der Waals surface area contributed by atoms with E-state index in [0.29, 0.717) is 54.1 Å². The van der Waals surface area contributed by atoms with E-state index in [1.807, 2.05) is 18.2 Å². The van der Waals surface area contributed by atoms with E-state index in [1.54, 1.807) is 6.08 Å². The quantitative estimate of drug-likeness (QED) is 0.0546. The van der Waals surface area contributed by atoms with Crippen LogP contribution < -0.4 is 21.3 Å². The third-order valence-electron chi connectivity index (χ3n) is 16.2. The number of halogens is 1. The molecule has 0 bridgehead atoms. The molecule has 0 unspecified atom stereocenters. The highest BCUT2D eigenvalue weighted by molar-refractivity contribution is 5.85. The average molecular weight is 1090 g/mol. The lowest BCUT2D eigenvalue weighted by Crippen LogP contribution is -2.31. The molecule has 0 atom stereocenters. The minimum Gasteiger partial charge on any atom is -0.398 e. The number of carbonyl (C=O) groups is 1. The Morgan fingerprint density at radius 1 is 0.526 bits per heavy atom. The second-order valence-corrected chi connectivity index (χ2v) is 24.0. The van der Waals surface area contributed by atoms with Crippen LogP contribution in [0.25, 0.3) is 0 Å². The third-order valence-corrected chi connectivity index (χ3v) is 16.2. The smallest absolute Gasteiger partial charge is 0.240 e. The number of hydrogen-bond acceptors (Lipinski definition) is 7. The van der Waals surface area contributed by atoms with Crippen molar-refractivity contribution in [2.24, 2.45) is 10.7 Å². The summed E-state index contributed by atoms with van der Waals surface area (Å²) in [6.07, 6.45) is 14.0. The standard InChI is InChI=1S/C29H41NO.C14H22N2.C13H17NO.C12H19N.2CH4.ClH/c1-21(2)26-10-9-11-27(22(3)4)28(26)20-25(31)16-19-29(17-7-8-18-29)23-12-14-24(15-13-23)30(5)6;1-16(2)13-7-5-12(6-8-13)14(11-15)9-3-4-10-14;1-9(2)11-6-5-7-12(10(3)4)13(11)14-8-15;1-8(2)10-6-5-7-11(9(3)4)12(10)13;;;/h9-15,21-22H,7-8,16-20H2,1-6H3;5-8H,3-4,9-11,15H2,1-2H3;5-7,9-10H,1-4H3;5-9H,13H2,1-4H3;2*1H4;1H. The molecule has 0 saturated heterocycles. The largest absolute Gasteiger partial charge is 0.398 e. The van der Waals surface area contributed by atoms with Gasteiger partial charge >= 0.3 is 0 Å². The number of hydrogen-bond donors (Lipinski definition) is 2. The maximum Gasteiger partial charge on any atom is 0.240 e. The van der Waals surface area contributed by atoms with E-state index in [4.69, 9.17) is 11.5 Å². The van der Waals surface area contributed by atoms with Gasteiger partial charge in [0.05, 0.1) is 5.69 Å². The number of ketones is 1. The van der Waals surface area contributed by atoms with E-state index < -0.39 is 0 Å². The molecular weight excluding hydrogens is 978 g/mol. The van der Waals surface area contributed by atoms with Gasteiger partial charge in [-0.1, -0.05) is 202 Å². The predicted molar refractivity (Wildman–Crippen MR) is 346 cm³/mol. The van der Waals surface area contributed by atoms with Crippen molar-refractivity contribution in [1.29, 1.82) is 0 Å². The number of para-hydroxylation sites is 2. The zero-order valence-corrected chi connectivity index (χ0v) is 50.8. The Morgan fingerprint density at radius 3 is 1.17 bits per heavy atom. The number of rotatable bonds is 17. The number of Topliss-reactive ketones (excluding diaryl/α,β-unsaturated/α-hetero) is 1. The van der Waals surface area contributed by atoms with Crippen molar-refractivity contribution < 1.29 is 9.59 Å². The Bertz CT molecular complexity index is 2500. The summed E-state index contributed by atoms with van der Waals surface area (Å²) in [6, 6.07) is 36.9. The van der Waals surface area contributed by atoms with Crippen molar-refractivity contribution in [3.63, 3.8) is 0 Å². The predicted octanol–water partition coefficient (Wildman–Crippen LogP) is 19.0. The van der Waals surface area contributed by atoms with Gasteiger partial charge in [-0.2, -0.15) is 4.99 Å². The maximum atomic E-state index is 13.2. The van der Waals surface area contributed by atoms with Gasteiger partial charge in [-0.3, -0.25) is 4.79 Å². The fourth-order valence-electron chi connectivity index (χ4n) is 11.5. The molecule has 2 aliphatic carbocycles. The summed E-state index contributed by atoms with van der Waals surface area (Å²) in [6.45, 7) is 26.8. The molecule has 2 fully saturated rings. The minimum absolute atomic E-state index is 0. The number of aliphatic imine (C=N–C) groups is 1. The number of isocyanates is 1. The van der Waals surface area contributed by atoms with Crippen molar-refractivity contribution in [1.82, 2.24) is 0 Å². The number of anilines is 3. The molecule has 8 heteroatoms. The van der Waals surface area contributed by atoms with Gasteiger partial charge in [0.15, 0.2) is 0 Å². The van der Waals surface area contributed by atoms with Gasteiger partial charge in [0.25, 0.3) is 0 Å². The highest BCUT2D eigenvalue weighted by Crippen LogP contribution is 2.46. The molecule has 2 aliphatic rings. The van der Waals surface area contributed by atoms with Gasteiger partial charge < -0.3 is 21.3 Å². The molecule has 5 aromatic rings. The SMILES string of the molecule is C.C.CC(C)c1cccc(C(C)C)c1CC(=O)CCC1(c2ccc(N(C)C)cc2)CCCC1.CC(C)c1cccc(C(C)C)c1N.CC(C)c1cccc(C(C)C)c1N=C=O.CN(C)c1ccc(C2(CN)CCCC2)cc1.Cl. The lowest BCUT2D eigenvalue weighted by molar-refractivity contribution is -0.118. The number of nitrogens with zero attached hydrogens (tertiary/aromatic N) is 3. The van der Waals surface area contributed by atoms with Crippen LogP contribution in [0.4, 0.5) is 22.7 Å². The molecule has 7 rings (SSSR count). The molecule has 7 nitrogen and oxygen atoms in total. The number of nitrogens with two attached hydrogens (primary N) is 2. The van der Waals surface area contributed by atoms with Gasteiger partial charge in [0.1, 0.15) is 5.78 Å². The molecule has 0 spiro atoms. The fourth-order valence-corrected chi connectivity index (χ4v) is 11.5. The minimum atomic E-state index is 0. The number of carbonyl (C=O) groups excluding carboxylic acids is 2. The highest BCUT2D eigenvalue weighted by Gasteiger charge is 2.36. The van der Waals surface area contributed by atoms with Gasteiger partial charge in [-0.05, 0) is 147 Å². The van der Waals surface area contributed by atoms with Crippen LogP contribution in [0, 0.1) is 0 Å². The molecule has 0 aliphatic heterocycles. The van der Waals surface area contributed by atoms with Gasteiger partial charge in [-0.15, -0.1) is 12.4 Å². The molecule has 2 saturated carbocycles. The Kier molecular flexibility index (Phi) is 30.3. The molecule has 0 heterocycles. The lowest BCUT2D eigenvalue weighted by atomic mass is 9.74. The summed E-state index contributed by atoms with van der Waals surface area (Å²) >= 11 is 0. The molecule has 0 amide bonds. The summed E-state index contributed by atoms with van der Waals surface area (Å²) in [5.74, 6) is 3.05. The van der Waals surface area contributed by atoms with Gasteiger partial charge in [-0.25, -0.2) is 4.79 Å². The van der Waals surface area contributed by atoms with Crippen LogP contribution in [0.3, 0.4) is 0 Å². The molecule has 4 N–H and O–H groups in total. The number of benzene rings is 5. The van der Waals surface area contributed by atoms with E-state index in [2.05, 4.69) is 211 Å². The van der Waals surface area contributed by atoms with Crippen molar-refractivity contribution in [3.8, 4) is 0 Å². The van der Waals surface area contributed by atoms with Crippen LogP contribution in [-0.4, -0.2) is 46.6 Å². The molecule has 432 valence electrons. The summed E-state index contributed by atoms with van der Waals surface area (Å²) in [5.41, 5.74) is 28.4. The zero-order valence-electron chi connectivity index (χ0n) is 50.0. The average Bonchev–Trinajstić information content (AvgIpc) is 4.08. The van der Waals surface area contributed by atoms with E-state index >= 15 is 0 Å². The molecule has 5 aromatic carbocycles. The first-order chi connectivity index (χ1) is 35.5. The van der Waals surface area contributed by atoms with Gasteiger partial charge in [0, 0.05) is 70.1 Å². The van der Waals surface area contributed by atoms with Crippen molar-refractivity contribution >= 4 is 47.0 Å². The molecule has 0 aromatic heterocycles. The topological polar surface area (TPSA) is 105 Å². The first kappa shape index (κ1) is 70.8. The Labute approximate surface area is 483 Å². The van der Waals surface area contributed by atoms with Crippen LogP contribution in [0.2, 0.25) is 0 Å². The van der Waals surface area contributed by atoms with Crippen molar-refractivity contribution in [3.05, 3.63) is 153 Å². The molecule has 0 radical (unpaired) electrons. The summed E-state index contributed by atoms with van der Waals surface area (Å²) in [4.78, 5) is 31.8. The van der Waals surface area contributed by atoms with Crippen LogP contribution in [0.5, 0.6) is 0 Å². The first-order valence-corrected chi connectivity index (χ1v) is 28.5. The van der Waals surface area contributed by atoms with Crippen LogP contribution in [0.1, 0.15) is 248 Å². The van der Waals surface area contributed by atoms with E-state index in [0.717, 1.165) is 35.5 Å². The van der Waals surface area contributed by atoms with Gasteiger partial charge in [0.2, 0.25) is 6.08 Å². The Morgan fingerprint density at radius 2 is 0.846 bits per heavy atom. The lowest BCUT2D eigenvalue weighted by Gasteiger charge is -2.30. The van der Waals surface area contributed by atoms with Crippen molar-refractivity contribution in [2.45, 2.75) is 215 Å². The van der Waals surface area contributed by atoms with Crippen LogP contribution >= 0.6 is 12.4 Å². The van der Waals surface area contributed by atoms with E-state index in [-0.39, 0.29) is 38.1 Å². The Hall–Kier alpha value is -5.20. The fraction of sp³-hybridized carbons (Fsp3) is 0.543. The number of nitrogen functional groups attached to an aromatic ring is 1. The second kappa shape index (κ2) is 33.4. The van der Waals surface area contributed by atoms with Crippen LogP contribution in [-0.2, 0) is 26.8 Å². The summed E-state index contributed by atoms with van der Waals surface area (Å²) in [5, 5.41) is 0. The van der Waals surface area contributed by atoms with Crippen molar-refractivity contribution in [2.75, 3.05) is 50.3 Å². The van der Waals surface area contributed by atoms with Crippen LogP contribution in [0.15, 0.2) is 108 Å². The third kappa shape index (κ3) is 19.0. The van der Waals surface area contributed by atoms with E-state index in [9.17, 15) is 9.59 Å². The monoisotopic (exact) mass is 1090 g/mol. The second-order valence-electron chi connectivity index (χ2n) is 24.0. The maximum absolute atomic E-state index is 13.2. The summed E-state index contributed by atoms with van der Waals surface area (Å²) in [7, 11) is 8.31. The Balaban J connectivity index is 0.000000552. The van der Waals surface area contributed by atoms with E-state index in [1.165, 1.54) is 102 Å². The normalized spacial score (nSPS) is 13.9. The zero-order chi connectivity index (χ0) is 55.6. The molecule has 78 heavy (non-hydrogen) atoms.